The zero-order valence-corrected chi connectivity index (χ0v) is 11.1. The summed E-state index contributed by atoms with van der Waals surface area (Å²) in [5, 5.41) is 6.16. The van der Waals surface area contributed by atoms with Gasteiger partial charge < -0.3 is 4.57 Å². The Morgan fingerprint density at radius 2 is 2.32 bits per heavy atom. The molecule has 2 heterocycles. The van der Waals surface area contributed by atoms with E-state index in [4.69, 9.17) is 0 Å². The molecule has 102 valence electrons. The van der Waals surface area contributed by atoms with Crippen molar-refractivity contribution in [3.8, 4) is 0 Å². The molecule has 19 heavy (non-hydrogen) atoms. The summed E-state index contributed by atoms with van der Waals surface area (Å²) in [6.45, 7) is 1.24. The van der Waals surface area contributed by atoms with Crippen molar-refractivity contribution in [2.45, 2.75) is 24.3 Å². The second-order valence-corrected chi connectivity index (χ2v) is 6.76. The van der Waals surface area contributed by atoms with Crippen molar-refractivity contribution in [3.63, 3.8) is 0 Å². The Balaban J connectivity index is 1.63. The fourth-order valence-corrected chi connectivity index (χ4v) is 3.11. The van der Waals surface area contributed by atoms with Crippen LogP contribution in [-0.2, 0) is 16.6 Å². The van der Waals surface area contributed by atoms with Crippen molar-refractivity contribution in [3.05, 3.63) is 31.1 Å². The lowest BCUT2D eigenvalue weighted by atomic mass is 10.1. The van der Waals surface area contributed by atoms with Gasteiger partial charge >= 0.3 is 0 Å². The molecule has 3 rings (SSSR count). The van der Waals surface area contributed by atoms with Crippen LogP contribution in [0.4, 0.5) is 0 Å². The third kappa shape index (κ3) is 2.69. The predicted molar refractivity (Wildman–Crippen MR) is 67.7 cm³/mol. The number of hydrogen-bond acceptors (Lipinski definition) is 4. The lowest BCUT2D eigenvalue weighted by molar-refractivity contribution is 0.416. The SMILES string of the molecule is O=S(=O)(NCC1(Cn2ccnc2)CC1)c1cn[nH]c1. The lowest BCUT2D eigenvalue weighted by Gasteiger charge is -2.16. The predicted octanol–water partition coefficient (Wildman–Crippen LogP) is 0.365. The highest BCUT2D eigenvalue weighted by Crippen LogP contribution is 2.46. The van der Waals surface area contributed by atoms with Crippen LogP contribution in [0.15, 0.2) is 36.0 Å². The van der Waals surface area contributed by atoms with Gasteiger partial charge in [0.15, 0.2) is 0 Å². The summed E-state index contributed by atoms with van der Waals surface area (Å²) in [6.07, 6.45) is 10.1. The molecule has 0 bridgehead atoms. The number of aromatic nitrogens is 4. The monoisotopic (exact) mass is 281 g/mol. The highest BCUT2D eigenvalue weighted by Gasteiger charge is 2.43. The van der Waals surface area contributed by atoms with E-state index >= 15 is 0 Å². The topological polar surface area (TPSA) is 92.7 Å². The number of rotatable bonds is 6. The van der Waals surface area contributed by atoms with Crippen LogP contribution in [-0.4, -0.2) is 34.7 Å². The minimum absolute atomic E-state index is 0.0253. The number of nitrogens with one attached hydrogen (secondary N) is 2. The Morgan fingerprint density at radius 3 is 2.89 bits per heavy atom. The molecule has 0 aliphatic heterocycles. The van der Waals surface area contributed by atoms with Gasteiger partial charge in [0, 0.05) is 37.1 Å². The van der Waals surface area contributed by atoms with Gasteiger partial charge in [-0.3, -0.25) is 5.10 Å². The molecule has 1 fully saturated rings. The van der Waals surface area contributed by atoms with E-state index in [1.807, 2.05) is 10.8 Å². The van der Waals surface area contributed by atoms with Crippen LogP contribution in [0.5, 0.6) is 0 Å². The normalized spacial score (nSPS) is 17.5. The molecule has 0 saturated heterocycles. The Kier molecular flexibility index (Phi) is 2.90. The van der Waals surface area contributed by atoms with Crippen LogP contribution in [0.3, 0.4) is 0 Å². The van der Waals surface area contributed by atoms with Crippen molar-refractivity contribution >= 4 is 10.0 Å². The van der Waals surface area contributed by atoms with E-state index < -0.39 is 10.0 Å². The number of H-pyrrole nitrogens is 1. The van der Waals surface area contributed by atoms with Gasteiger partial charge in [-0.2, -0.15) is 5.10 Å². The summed E-state index contributed by atoms with van der Waals surface area (Å²) in [4.78, 5) is 4.17. The maximum atomic E-state index is 12.0. The zero-order chi connectivity index (χ0) is 13.3. The number of imidazole rings is 1. The highest BCUT2D eigenvalue weighted by atomic mass is 32.2. The molecular formula is C11H15N5O2S. The quantitative estimate of drug-likeness (QED) is 0.800. The van der Waals surface area contributed by atoms with E-state index in [-0.39, 0.29) is 10.3 Å². The van der Waals surface area contributed by atoms with E-state index in [0.29, 0.717) is 6.54 Å². The molecule has 1 aliphatic carbocycles. The molecule has 0 amide bonds. The number of nitrogens with zero attached hydrogens (tertiary/aromatic N) is 3. The zero-order valence-electron chi connectivity index (χ0n) is 10.3. The van der Waals surface area contributed by atoms with Crippen LogP contribution in [0.2, 0.25) is 0 Å². The molecule has 1 saturated carbocycles. The van der Waals surface area contributed by atoms with Crippen LogP contribution in [0, 0.1) is 5.41 Å². The Hall–Kier alpha value is -1.67. The van der Waals surface area contributed by atoms with Gasteiger partial charge in [0.25, 0.3) is 0 Å². The molecule has 2 aromatic rings. The number of sulfonamides is 1. The fraction of sp³-hybridized carbons (Fsp3) is 0.455. The maximum absolute atomic E-state index is 12.0. The third-order valence-corrected chi connectivity index (χ3v) is 4.82. The molecule has 0 unspecified atom stereocenters. The largest absolute Gasteiger partial charge is 0.337 e. The van der Waals surface area contributed by atoms with E-state index in [1.165, 1.54) is 12.4 Å². The van der Waals surface area contributed by atoms with Crippen LogP contribution in [0.25, 0.3) is 0 Å². The van der Waals surface area contributed by atoms with Gasteiger partial charge in [-0.1, -0.05) is 0 Å². The first-order chi connectivity index (χ1) is 9.10. The Bertz CT molecular complexity index is 629. The van der Waals surface area contributed by atoms with Crippen molar-refractivity contribution in [1.82, 2.24) is 24.5 Å². The van der Waals surface area contributed by atoms with Gasteiger partial charge in [0.05, 0.1) is 12.5 Å². The minimum Gasteiger partial charge on any atom is -0.337 e. The lowest BCUT2D eigenvalue weighted by Crippen LogP contribution is -2.32. The van der Waals surface area contributed by atoms with Gasteiger partial charge in [-0.25, -0.2) is 18.1 Å². The molecule has 1 aliphatic rings. The summed E-state index contributed by atoms with van der Waals surface area (Å²) in [6, 6.07) is 0. The van der Waals surface area contributed by atoms with Crippen molar-refractivity contribution in [2.24, 2.45) is 5.41 Å². The first-order valence-corrected chi connectivity index (χ1v) is 7.52. The minimum atomic E-state index is -3.46. The molecule has 2 aromatic heterocycles. The van der Waals surface area contributed by atoms with Gasteiger partial charge in [0.2, 0.25) is 10.0 Å². The van der Waals surface area contributed by atoms with Crippen LogP contribution in [0.1, 0.15) is 12.8 Å². The third-order valence-electron chi connectivity index (χ3n) is 3.45. The first-order valence-electron chi connectivity index (χ1n) is 6.04. The molecule has 2 N–H and O–H groups in total. The molecule has 7 nitrogen and oxygen atoms in total. The van der Waals surface area contributed by atoms with E-state index in [0.717, 1.165) is 19.4 Å². The van der Waals surface area contributed by atoms with Gasteiger partial charge in [0.1, 0.15) is 4.90 Å². The van der Waals surface area contributed by atoms with Crippen LogP contribution >= 0.6 is 0 Å². The summed E-state index contributed by atoms with van der Waals surface area (Å²) >= 11 is 0. The summed E-state index contributed by atoms with van der Waals surface area (Å²) < 4.78 is 28.6. The van der Waals surface area contributed by atoms with E-state index in [2.05, 4.69) is 19.9 Å². The molecular weight excluding hydrogens is 266 g/mol. The summed E-state index contributed by atoms with van der Waals surface area (Å²) in [7, 11) is -3.46. The maximum Gasteiger partial charge on any atom is 0.243 e. The van der Waals surface area contributed by atoms with E-state index in [1.54, 1.807) is 12.5 Å². The second-order valence-electron chi connectivity index (χ2n) is 4.99. The van der Waals surface area contributed by atoms with Crippen molar-refractivity contribution < 1.29 is 8.42 Å². The Labute approximate surface area is 111 Å². The summed E-state index contributed by atoms with van der Waals surface area (Å²) in [5.74, 6) is 0. The first kappa shape index (κ1) is 12.4. The standard InChI is InChI=1S/C11H15N5O2S/c17-19(18,10-5-13-14-6-10)15-7-11(1-2-11)8-16-4-3-12-9-16/h3-6,9,15H,1-2,7-8H2,(H,13,14). The van der Waals surface area contributed by atoms with Crippen LogP contribution < -0.4 is 4.72 Å². The molecule has 0 spiro atoms. The van der Waals surface area contributed by atoms with Crippen molar-refractivity contribution in [1.29, 1.82) is 0 Å². The average Bonchev–Trinajstić information content (AvgIpc) is 2.86. The molecule has 0 aromatic carbocycles. The molecule has 8 heteroatoms. The number of aromatic amines is 1. The van der Waals surface area contributed by atoms with E-state index in [9.17, 15) is 8.42 Å². The van der Waals surface area contributed by atoms with Crippen molar-refractivity contribution in [2.75, 3.05) is 6.54 Å². The fourth-order valence-electron chi connectivity index (χ4n) is 2.05. The molecule has 0 radical (unpaired) electrons. The average molecular weight is 281 g/mol. The molecule has 0 atom stereocenters. The summed E-state index contributed by atoms with van der Waals surface area (Å²) in [5.41, 5.74) is 0.0253. The van der Waals surface area contributed by atoms with Gasteiger partial charge in [-0.15, -0.1) is 0 Å². The van der Waals surface area contributed by atoms with Gasteiger partial charge in [-0.05, 0) is 12.8 Å². The second kappa shape index (κ2) is 4.46. The number of hydrogen-bond donors (Lipinski definition) is 2. The Morgan fingerprint density at radius 1 is 1.47 bits per heavy atom. The smallest absolute Gasteiger partial charge is 0.243 e. The highest BCUT2D eigenvalue weighted by molar-refractivity contribution is 7.89.